The van der Waals surface area contributed by atoms with Crippen molar-refractivity contribution in [3.8, 4) is 10.6 Å². The lowest BCUT2D eigenvalue weighted by molar-refractivity contribution is -0.127. The van der Waals surface area contributed by atoms with Crippen LogP contribution in [0.4, 0.5) is 0 Å². The first-order valence-electron chi connectivity index (χ1n) is 8.86. The van der Waals surface area contributed by atoms with Gasteiger partial charge in [0.1, 0.15) is 0 Å². The summed E-state index contributed by atoms with van der Waals surface area (Å²) < 4.78 is 5.38. The van der Waals surface area contributed by atoms with Gasteiger partial charge in [0, 0.05) is 36.9 Å². The molecule has 2 aromatic heterocycles. The standard InChI is InChI=1S/C20H21N3O2S2/c21-17-11-23(10-16(17)14-5-2-1-3-6-14)20(24)13-26-12-15-9-18(25-22-15)19-7-4-8-27-19/h1-9,16-17H,10-13,21H2/t16-,17+/m0/s1. The van der Waals surface area contributed by atoms with Crippen LogP contribution in [0.25, 0.3) is 10.6 Å². The molecule has 7 heteroatoms. The zero-order chi connectivity index (χ0) is 18.6. The van der Waals surface area contributed by atoms with Crippen LogP contribution in [0.1, 0.15) is 17.2 Å². The van der Waals surface area contributed by atoms with Gasteiger partial charge in [0.2, 0.25) is 5.91 Å². The van der Waals surface area contributed by atoms with Crippen molar-refractivity contribution in [2.45, 2.75) is 17.7 Å². The van der Waals surface area contributed by atoms with Crippen LogP contribution in [-0.2, 0) is 10.5 Å². The van der Waals surface area contributed by atoms with Gasteiger partial charge in [-0.25, -0.2) is 0 Å². The van der Waals surface area contributed by atoms with Gasteiger partial charge >= 0.3 is 0 Å². The fraction of sp³-hybridized carbons (Fsp3) is 0.300. The highest BCUT2D eigenvalue weighted by Gasteiger charge is 2.33. The smallest absolute Gasteiger partial charge is 0.232 e. The maximum atomic E-state index is 12.6. The first-order chi connectivity index (χ1) is 13.2. The number of nitrogens with two attached hydrogens (primary N) is 1. The lowest BCUT2D eigenvalue weighted by Gasteiger charge is -2.16. The summed E-state index contributed by atoms with van der Waals surface area (Å²) in [6.07, 6.45) is 0. The molecule has 0 saturated carbocycles. The highest BCUT2D eigenvalue weighted by Crippen LogP contribution is 2.28. The monoisotopic (exact) mass is 399 g/mol. The number of thiophene rings is 1. The van der Waals surface area contributed by atoms with E-state index in [1.54, 1.807) is 23.1 Å². The quantitative estimate of drug-likeness (QED) is 0.686. The molecule has 1 saturated heterocycles. The van der Waals surface area contributed by atoms with Gasteiger partial charge < -0.3 is 15.2 Å². The Balaban J connectivity index is 1.28. The summed E-state index contributed by atoms with van der Waals surface area (Å²) in [5.74, 6) is 2.21. The number of aromatic nitrogens is 1. The highest BCUT2D eigenvalue weighted by molar-refractivity contribution is 7.99. The van der Waals surface area contributed by atoms with Gasteiger partial charge in [-0.15, -0.1) is 23.1 Å². The Morgan fingerprint density at radius 1 is 1.26 bits per heavy atom. The molecule has 0 unspecified atom stereocenters. The van der Waals surface area contributed by atoms with Gasteiger partial charge in [-0.1, -0.05) is 41.6 Å². The van der Waals surface area contributed by atoms with E-state index in [0.29, 0.717) is 24.6 Å². The van der Waals surface area contributed by atoms with Crippen molar-refractivity contribution >= 4 is 29.0 Å². The molecule has 0 radical (unpaired) electrons. The van der Waals surface area contributed by atoms with E-state index in [2.05, 4.69) is 17.3 Å². The number of benzene rings is 1. The van der Waals surface area contributed by atoms with Crippen molar-refractivity contribution < 1.29 is 9.32 Å². The average Bonchev–Trinajstić information content (AvgIpc) is 3.43. The summed E-state index contributed by atoms with van der Waals surface area (Å²) >= 11 is 3.18. The number of nitrogens with zero attached hydrogens (tertiary/aromatic N) is 2. The molecule has 3 aromatic rings. The third-order valence-corrected chi connectivity index (χ3v) is 6.58. The molecule has 0 bridgehead atoms. The number of thioether (sulfide) groups is 1. The molecule has 140 valence electrons. The summed E-state index contributed by atoms with van der Waals surface area (Å²) in [4.78, 5) is 15.5. The van der Waals surface area contributed by atoms with E-state index < -0.39 is 0 Å². The van der Waals surface area contributed by atoms with Crippen LogP contribution in [0.2, 0.25) is 0 Å². The molecule has 0 spiro atoms. The molecule has 5 nitrogen and oxygen atoms in total. The van der Waals surface area contributed by atoms with E-state index in [1.165, 1.54) is 5.56 Å². The lowest BCUT2D eigenvalue weighted by Crippen LogP contribution is -2.33. The lowest BCUT2D eigenvalue weighted by atomic mass is 9.95. The molecule has 3 heterocycles. The minimum Gasteiger partial charge on any atom is -0.355 e. The molecule has 2 N–H and O–H groups in total. The zero-order valence-electron chi connectivity index (χ0n) is 14.8. The molecular weight excluding hydrogens is 378 g/mol. The summed E-state index contributed by atoms with van der Waals surface area (Å²) in [5, 5.41) is 6.10. The summed E-state index contributed by atoms with van der Waals surface area (Å²) in [7, 11) is 0. The second-order valence-corrected chi connectivity index (χ2v) is 8.57. The maximum absolute atomic E-state index is 12.6. The normalized spacial score (nSPS) is 19.5. The first-order valence-corrected chi connectivity index (χ1v) is 10.9. The van der Waals surface area contributed by atoms with E-state index in [-0.39, 0.29) is 17.9 Å². The second-order valence-electron chi connectivity index (χ2n) is 6.63. The average molecular weight is 400 g/mol. The molecule has 2 atom stereocenters. The van der Waals surface area contributed by atoms with Crippen LogP contribution in [0.5, 0.6) is 0 Å². The molecule has 27 heavy (non-hydrogen) atoms. The largest absolute Gasteiger partial charge is 0.355 e. The minimum atomic E-state index is -0.00903. The number of likely N-dealkylation sites (tertiary alicyclic amines) is 1. The Bertz CT molecular complexity index is 880. The van der Waals surface area contributed by atoms with Gasteiger partial charge in [-0.05, 0) is 17.0 Å². The van der Waals surface area contributed by atoms with Crippen LogP contribution in [-0.4, -0.2) is 40.8 Å². The Morgan fingerprint density at radius 3 is 2.89 bits per heavy atom. The number of hydrogen-bond donors (Lipinski definition) is 1. The fourth-order valence-electron chi connectivity index (χ4n) is 3.33. The summed E-state index contributed by atoms with van der Waals surface area (Å²) in [6.45, 7) is 1.31. The molecule has 1 amide bonds. The minimum absolute atomic E-state index is 0.00903. The number of amides is 1. The SMILES string of the molecule is N[C@@H]1CN(C(=O)CSCc2cc(-c3cccs3)on2)C[C@H]1c1ccccc1. The van der Waals surface area contributed by atoms with Crippen molar-refractivity contribution in [1.82, 2.24) is 10.1 Å². The predicted molar refractivity (Wildman–Crippen MR) is 110 cm³/mol. The Morgan fingerprint density at radius 2 is 2.11 bits per heavy atom. The van der Waals surface area contributed by atoms with Gasteiger partial charge in [-0.2, -0.15) is 0 Å². The van der Waals surface area contributed by atoms with Crippen molar-refractivity contribution in [3.05, 3.63) is 65.2 Å². The van der Waals surface area contributed by atoms with E-state index in [1.807, 2.05) is 46.7 Å². The molecule has 4 rings (SSSR count). The van der Waals surface area contributed by atoms with Crippen molar-refractivity contribution in [2.24, 2.45) is 5.73 Å². The molecule has 0 aliphatic carbocycles. The fourth-order valence-corrected chi connectivity index (χ4v) is 4.81. The van der Waals surface area contributed by atoms with Crippen molar-refractivity contribution in [2.75, 3.05) is 18.8 Å². The van der Waals surface area contributed by atoms with E-state index in [9.17, 15) is 4.79 Å². The van der Waals surface area contributed by atoms with Crippen LogP contribution in [0, 0.1) is 0 Å². The Labute approximate surface area is 166 Å². The molecule has 1 aliphatic rings. The van der Waals surface area contributed by atoms with Gasteiger partial charge in [-0.3, -0.25) is 4.79 Å². The maximum Gasteiger partial charge on any atom is 0.232 e. The van der Waals surface area contributed by atoms with E-state index in [4.69, 9.17) is 10.3 Å². The van der Waals surface area contributed by atoms with Crippen LogP contribution < -0.4 is 5.73 Å². The first kappa shape index (κ1) is 18.3. The molecule has 1 fully saturated rings. The van der Waals surface area contributed by atoms with Crippen LogP contribution >= 0.6 is 23.1 Å². The number of hydrogen-bond acceptors (Lipinski definition) is 6. The summed E-state index contributed by atoms with van der Waals surface area (Å²) in [6, 6.07) is 16.1. The van der Waals surface area contributed by atoms with Gasteiger partial charge in [0.15, 0.2) is 5.76 Å². The van der Waals surface area contributed by atoms with E-state index >= 15 is 0 Å². The van der Waals surface area contributed by atoms with Crippen LogP contribution in [0.3, 0.4) is 0 Å². The third-order valence-electron chi connectivity index (χ3n) is 4.74. The zero-order valence-corrected chi connectivity index (χ0v) is 16.4. The van der Waals surface area contributed by atoms with Crippen LogP contribution in [0.15, 0.2) is 58.4 Å². The second kappa shape index (κ2) is 8.29. The topological polar surface area (TPSA) is 72.4 Å². The molecule has 1 aromatic carbocycles. The van der Waals surface area contributed by atoms with Gasteiger partial charge in [0.25, 0.3) is 0 Å². The van der Waals surface area contributed by atoms with Gasteiger partial charge in [0.05, 0.1) is 16.3 Å². The van der Waals surface area contributed by atoms with Crippen molar-refractivity contribution in [1.29, 1.82) is 0 Å². The summed E-state index contributed by atoms with van der Waals surface area (Å²) in [5.41, 5.74) is 8.35. The number of carbonyl (C=O) groups excluding carboxylic acids is 1. The van der Waals surface area contributed by atoms with E-state index in [0.717, 1.165) is 16.3 Å². The van der Waals surface area contributed by atoms with Crippen molar-refractivity contribution in [3.63, 3.8) is 0 Å². The number of carbonyl (C=O) groups is 1. The highest BCUT2D eigenvalue weighted by atomic mass is 32.2. The number of rotatable bonds is 6. The molecule has 1 aliphatic heterocycles. The predicted octanol–water partition coefficient (Wildman–Crippen LogP) is 3.59. The molecular formula is C20H21N3O2S2. The third kappa shape index (κ3) is 4.26. The Kier molecular flexibility index (Phi) is 5.61. The Hall–Kier alpha value is -2.09.